The molecule has 17 heavy (non-hydrogen) atoms. The Morgan fingerprint density at radius 2 is 1.82 bits per heavy atom. The van der Waals surface area contributed by atoms with E-state index in [1.165, 1.54) is 7.05 Å². The Labute approximate surface area is 94.0 Å². The maximum Gasteiger partial charge on any atom is 0.277 e. The molecule has 0 aliphatic rings. The number of hydrogen-bond donors (Lipinski definition) is 1. The van der Waals surface area contributed by atoms with E-state index in [0.29, 0.717) is 12.1 Å². The normalized spacial score (nSPS) is 9.71. The van der Waals surface area contributed by atoms with Gasteiger partial charge in [0.15, 0.2) is 0 Å². The quantitative estimate of drug-likeness (QED) is 0.579. The number of rotatable bonds is 3. The summed E-state index contributed by atoms with van der Waals surface area (Å²) in [7, 11) is 1.20. The molecule has 0 radical (unpaired) electrons. The Hall–Kier alpha value is -2.71. The van der Waals surface area contributed by atoms with Crippen molar-refractivity contribution in [2.45, 2.75) is 0 Å². The molecule has 0 atom stereocenters. The Kier molecular flexibility index (Phi) is 3.22. The highest BCUT2D eigenvalue weighted by Crippen LogP contribution is 2.31. The van der Waals surface area contributed by atoms with E-state index in [4.69, 9.17) is 0 Å². The van der Waals surface area contributed by atoms with Gasteiger partial charge in [-0.05, 0) is 5.75 Å². The van der Waals surface area contributed by atoms with E-state index in [2.05, 4.69) is 5.32 Å². The topological polar surface area (TPSA) is 138 Å². The van der Waals surface area contributed by atoms with E-state index in [0.717, 1.165) is 0 Å². The van der Waals surface area contributed by atoms with Crippen LogP contribution in [0.15, 0.2) is 12.1 Å². The molecule has 0 saturated carbocycles. The van der Waals surface area contributed by atoms with Gasteiger partial charge in [0.05, 0.1) is 15.9 Å². The largest absolute Gasteiger partial charge is 0.867 e. The summed E-state index contributed by atoms with van der Waals surface area (Å²) in [6, 6.07) is 1.23. The van der Waals surface area contributed by atoms with E-state index >= 15 is 0 Å². The van der Waals surface area contributed by atoms with E-state index in [-0.39, 0.29) is 0 Å². The molecule has 0 aromatic heterocycles. The molecule has 0 heterocycles. The third-order valence-corrected chi connectivity index (χ3v) is 1.93. The van der Waals surface area contributed by atoms with Gasteiger partial charge in [0.2, 0.25) is 0 Å². The standard InChI is InChI=1S/C8H7N3O6/c1-9-8(13)5-2-4(10(14)15)3-6(7(5)12)11(16)17/h2-3,12H,1H3,(H,9,13)/p-1. The third-order valence-electron chi connectivity index (χ3n) is 1.93. The second-order valence-corrected chi connectivity index (χ2v) is 2.93. The predicted molar refractivity (Wildman–Crippen MR) is 52.6 cm³/mol. The Morgan fingerprint density at radius 1 is 1.24 bits per heavy atom. The lowest BCUT2D eigenvalue weighted by Gasteiger charge is -2.11. The monoisotopic (exact) mass is 240 g/mol. The first kappa shape index (κ1) is 12.4. The highest BCUT2D eigenvalue weighted by Gasteiger charge is 2.21. The van der Waals surface area contributed by atoms with Crippen LogP contribution in [0.5, 0.6) is 5.75 Å². The highest BCUT2D eigenvalue weighted by molar-refractivity contribution is 5.98. The van der Waals surface area contributed by atoms with Crippen LogP contribution in [-0.4, -0.2) is 22.8 Å². The summed E-state index contributed by atoms with van der Waals surface area (Å²) in [5, 5.41) is 34.5. The summed E-state index contributed by atoms with van der Waals surface area (Å²) in [4.78, 5) is 30.3. The van der Waals surface area contributed by atoms with Gasteiger partial charge in [0.1, 0.15) is 0 Å². The summed E-state index contributed by atoms with van der Waals surface area (Å²) < 4.78 is 0. The number of hydrogen-bond acceptors (Lipinski definition) is 6. The molecular formula is C8H6N3O6-. The number of nitrogens with one attached hydrogen (secondary N) is 1. The van der Waals surface area contributed by atoms with Crippen LogP contribution in [0, 0.1) is 20.2 Å². The van der Waals surface area contributed by atoms with Crippen LogP contribution in [0.4, 0.5) is 11.4 Å². The molecule has 0 bridgehead atoms. The zero-order valence-corrected chi connectivity index (χ0v) is 8.50. The first-order chi connectivity index (χ1) is 7.88. The molecular weight excluding hydrogens is 234 g/mol. The first-order valence-corrected chi connectivity index (χ1v) is 4.24. The van der Waals surface area contributed by atoms with Crippen LogP contribution in [0.2, 0.25) is 0 Å². The minimum absolute atomic E-state index is 0.523. The highest BCUT2D eigenvalue weighted by atomic mass is 16.6. The number of benzene rings is 1. The smallest absolute Gasteiger partial charge is 0.277 e. The second kappa shape index (κ2) is 4.43. The number of non-ortho nitro benzene ring substituents is 1. The average Bonchev–Trinajstić information content (AvgIpc) is 2.27. The van der Waals surface area contributed by atoms with Crippen molar-refractivity contribution in [2.75, 3.05) is 7.05 Å². The third kappa shape index (κ3) is 2.27. The summed E-state index contributed by atoms with van der Waals surface area (Å²) >= 11 is 0. The fourth-order valence-corrected chi connectivity index (χ4v) is 1.14. The van der Waals surface area contributed by atoms with Crippen LogP contribution in [0.3, 0.4) is 0 Å². The average molecular weight is 240 g/mol. The first-order valence-electron chi connectivity index (χ1n) is 4.24. The van der Waals surface area contributed by atoms with Gasteiger partial charge in [-0.3, -0.25) is 25.0 Å². The van der Waals surface area contributed by atoms with Crippen molar-refractivity contribution < 1.29 is 19.7 Å². The number of nitro groups is 2. The molecule has 9 heteroatoms. The fraction of sp³-hybridized carbons (Fsp3) is 0.125. The van der Waals surface area contributed by atoms with Gasteiger partial charge in [0, 0.05) is 18.7 Å². The van der Waals surface area contributed by atoms with E-state index in [9.17, 15) is 30.1 Å². The van der Waals surface area contributed by atoms with Crippen LogP contribution >= 0.6 is 0 Å². The van der Waals surface area contributed by atoms with Crippen LogP contribution < -0.4 is 10.4 Å². The summed E-state index contributed by atoms with van der Waals surface area (Å²) in [5.74, 6) is -2.07. The number of carbonyl (C=O) groups is 1. The number of nitro benzene ring substituents is 2. The summed E-state index contributed by atoms with van der Waals surface area (Å²) in [5.41, 5.74) is -2.32. The fourth-order valence-electron chi connectivity index (χ4n) is 1.14. The van der Waals surface area contributed by atoms with Crippen LogP contribution in [0.1, 0.15) is 10.4 Å². The molecule has 0 unspecified atom stereocenters. The molecule has 0 aliphatic heterocycles. The zero-order chi connectivity index (χ0) is 13.2. The second-order valence-electron chi connectivity index (χ2n) is 2.93. The Bertz CT molecular complexity index is 512. The molecule has 0 aliphatic carbocycles. The number of nitrogens with zero attached hydrogens (tertiary/aromatic N) is 2. The van der Waals surface area contributed by atoms with E-state index in [1.54, 1.807) is 0 Å². The maximum atomic E-state index is 11.5. The van der Waals surface area contributed by atoms with Gasteiger partial charge in [-0.1, -0.05) is 0 Å². The van der Waals surface area contributed by atoms with Gasteiger partial charge >= 0.3 is 0 Å². The van der Waals surface area contributed by atoms with Crippen molar-refractivity contribution in [1.82, 2.24) is 5.32 Å². The number of carbonyl (C=O) groups excluding carboxylic acids is 1. The zero-order valence-electron chi connectivity index (χ0n) is 8.50. The van der Waals surface area contributed by atoms with Crippen molar-refractivity contribution >= 4 is 17.3 Å². The minimum Gasteiger partial charge on any atom is -0.867 e. The van der Waals surface area contributed by atoms with Crippen molar-refractivity contribution in [1.29, 1.82) is 0 Å². The van der Waals surface area contributed by atoms with E-state index < -0.39 is 38.4 Å². The number of amides is 1. The van der Waals surface area contributed by atoms with Gasteiger partial charge in [0.25, 0.3) is 17.3 Å². The summed E-state index contributed by atoms with van der Waals surface area (Å²) in [6.07, 6.45) is 0. The van der Waals surface area contributed by atoms with Gasteiger partial charge in [-0.2, -0.15) is 0 Å². The predicted octanol–water partition coefficient (Wildman–Crippen LogP) is -0.0638. The molecule has 0 saturated heterocycles. The lowest BCUT2D eigenvalue weighted by Crippen LogP contribution is -2.20. The molecule has 1 amide bonds. The lowest BCUT2D eigenvalue weighted by molar-refractivity contribution is -0.403. The SMILES string of the molecule is CNC(=O)c1cc([N+](=O)[O-])cc([N+](=O)[O-])c1[O-]. The van der Waals surface area contributed by atoms with Crippen molar-refractivity contribution in [3.05, 3.63) is 37.9 Å². The van der Waals surface area contributed by atoms with Crippen molar-refractivity contribution in [3.8, 4) is 5.75 Å². The molecule has 1 rings (SSSR count). The van der Waals surface area contributed by atoms with Crippen molar-refractivity contribution in [3.63, 3.8) is 0 Å². The maximum absolute atomic E-state index is 11.5. The molecule has 0 fully saturated rings. The Balaban J connectivity index is 3.54. The molecule has 1 aromatic carbocycles. The molecule has 0 spiro atoms. The van der Waals surface area contributed by atoms with Gasteiger partial charge in [-0.25, -0.2) is 0 Å². The molecule has 90 valence electrons. The van der Waals surface area contributed by atoms with Crippen molar-refractivity contribution in [2.24, 2.45) is 0 Å². The molecule has 1 N–H and O–H groups in total. The van der Waals surface area contributed by atoms with Gasteiger partial charge < -0.3 is 10.4 Å². The van der Waals surface area contributed by atoms with Gasteiger partial charge in [-0.15, -0.1) is 0 Å². The molecule has 1 aromatic rings. The van der Waals surface area contributed by atoms with Crippen LogP contribution in [0.25, 0.3) is 0 Å². The Morgan fingerprint density at radius 3 is 2.24 bits per heavy atom. The van der Waals surface area contributed by atoms with Crippen LogP contribution in [-0.2, 0) is 0 Å². The summed E-state index contributed by atoms with van der Waals surface area (Å²) in [6.45, 7) is 0. The van der Waals surface area contributed by atoms with E-state index in [1.807, 2.05) is 0 Å². The minimum atomic E-state index is -1.15. The lowest BCUT2D eigenvalue weighted by atomic mass is 10.1. The molecule has 9 nitrogen and oxygen atoms in total.